The topological polar surface area (TPSA) is 62.9 Å². The van der Waals surface area contributed by atoms with Crippen LogP contribution in [-0.4, -0.2) is 49.3 Å². The second-order valence-corrected chi connectivity index (χ2v) is 5.08. The molecule has 0 aromatic carbocycles. The van der Waals surface area contributed by atoms with Gasteiger partial charge in [0.15, 0.2) is 0 Å². The van der Waals surface area contributed by atoms with Crippen LogP contribution in [0.2, 0.25) is 0 Å². The molecule has 100 valence electrons. The van der Waals surface area contributed by atoms with E-state index in [0.29, 0.717) is 19.8 Å². The predicted octanol–water partition coefficient (Wildman–Crippen LogP) is 1.16. The van der Waals surface area contributed by atoms with Crippen molar-refractivity contribution in [1.29, 1.82) is 0 Å². The average molecular weight is 253 g/mol. The molecule has 0 spiro atoms. The smallest absolute Gasteiger partial charge is 0.315 e. The lowest BCUT2D eigenvalue weighted by molar-refractivity contribution is -0.182. The van der Waals surface area contributed by atoms with E-state index in [1.165, 1.54) is 0 Å². The van der Waals surface area contributed by atoms with Crippen molar-refractivity contribution in [2.24, 2.45) is 5.41 Å². The number of furan rings is 1. The second-order valence-electron chi connectivity index (χ2n) is 5.08. The van der Waals surface area contributed by atoms with Crippen LogP contribution in [0.5, 0.6) is 0 Å². The Hall–Kier alpha value is -1.33. The summed E-state index contributed by atoms with van der Waals surface area (Å²) in [4.78, 5) is 13.2. The molecule has 1 aromatic heterocycles. The van der Waals surface area contributed by atoms with Gasteiger partial charge < -0.3 is 19.2 Å². The van der Waals surface area contributed by atoms with E-state index in [1.54, 1.807) is 0 Å². The second kappa shape index (κ2) is 5.12. The molecule has 2 rings (SSSR count). The van der Waals surface area contributed by atoms with E-state index < -0.39 is 11.4 Å². The lowest BCUT2D eigenvalue weighted by atomic mass is 9.85. The van der Waals surface area contributed by atoms with Gasteiger partial charge in [-0.25, -0.2) is 0 Å². The van der Waals surface area contributed by atoms with E-state index >= 15 is 0 Å². The fourth-order valence-corrected chi connectivity index (χ4v) is 2.15. The van der Waals surface area contributed by atoms with E-state index in [4.69, 9.17) is 9.15 Å². The zero-order valence-electron chi connectivity index (χ0n) is 10.8. The number of carbonyl (C=O) groups is 1. The molecule has 0 bridgehead atoms. The quantitative estimate of drug-likeness (QED) is 0.824. The highest BCUT2D eigenvalue weighted by Crippen LogP contribution is 2.28. The van der Waals surface area contributed by atoms with E-state index in [2.05, 4.69) is 0 Å². The van der Waals surface area contributed by atoms with Gasteiger partial charge in [-0.3, -0.25) is 4.79 Å². The predicted molar refractivity (Wildman–Crippen MR) is 65.5 cm³/mol. The van der Waals surface area contributed by atoms with Crippen LogP contribution < -0.4 is 0 Å². The maximum absolute atomic E-state index is 11.2. The number of rotatable bonds is 6. The Kier molecular flexibility index (Phi) is 3.73. The first-order valence-electron chi connectivity index (χ1n) is 6.07. The van der Waals surface area contributed by atoms with Crippen molar-refractivity contribution in [3.8, 4) is 0 Å². The Bertz CT molecular complexity index is 422. The summed E-state index contributed by atoms with van der Waals surface area (Å²) in [5, 5.41) is 9.20. The standard InChI is InChI=1S/C13H19NO4/c1-10-3-4-11(18-10)5-6-14(2)7-13(12(15)16)8-17-9-13/h3-4H,5-9H2,1-2H3,(H,15,16). The zero-order valence-corrected chi connectivity index (χ0v) is 10.8. The van der Waals surface area contributed by atoms with Gasteiger partial charge >= 0.3 is 5.97 Å². The highest BCUT2D eigenvalue weighted by Gasteiger charge is 2.46. The minimum absolute atomic E-state index is 0.312. The largest absolute Gasteiger partial charge is 0.481 e. The number of carboxylic acid groups (broad SMARTS) is 1. The van der Waals surface area contributed by atoms with Gasteiger partial charge in [-0.15, -0.1) is 0 Å². The third-order valence-electron chi connectivity index (χ3n) is 3.32. The van der Waals surface area contributed by atoms with E-state index in [1.807, 2.05) is 31.0 Å². The molecule has 5 nitrogen and oxygen atoms in total. The molecule has 1 aromatic rings. The van der Waals surface area contributed by atoms with Crippen LogP contribution in [0.15, 0.2) is 16.5 Å². The summed E-state index contributed by atoms with van der Waals surface area (Å²) in [7, 11) is 1.93. The normalized spacial score (nSPS) is 17.7. The van der Waals surface area contributed by atoms with Gasteiger partial charge in [0.25, 0.3) is 0 Å². The molecule has 0 aliphatic carbocycles. The minimum Gasteiger partial charge on any atom is -0.481 e. The molecule has 2 heterocycles. The summed E-state index contributed by atoms with van der Waals surface area (Å²) >= 11 is 0. The molecule has 0 saturated carbocycles. The molecule has 1 aliphatic rings. The summed E-state index contributed by atoms with van der Waals surface area (Å²) in [5.41, 5.74) is -0.714. The first-order valence-corrected chi connectivity index (χ1v) is 6.07. The lowest BCUT2D eigenvalue weighted by Crippen LogP contribution is -2.55. The van der Waals surface area contributed by atoms with Crippen LogP contribution in [0.1, 0.15) is 11.5 Å². The van der Waals surface area contributed by atoms with Crippen molar-refractivity contribution >= 4 is 5.97 Å². The fourth-order valence-electron chi connectivity index (χ4n) is 2.15. The Labute approximate surface area is 106 Å². The summed E-state index contributed by atoms with van der Waals surface area (Å²) in [6.45, 7) is 3.83. The third kappa shape index (κ3) is 2.73. The number of ether oxygens (including phenoxy) is 1. The first kappa shape index (κ1) is 13.1. The molecule has 1 saturated heterocycles. The highest BCUT2D eigenvalue weighted by molar-refractivity contribution is 5.76. The van der Waals surface area contributed by atoms with Gasteiger partial charge in [-0.2, -0.15) is 0 Å². The van der Waals surface area contributed by atoms with E-state index in [0.717, 1.165) is 24.5 Å². The zero-order chi connectivity index (χ0) is 13.2. The van der Waals surface area contributed by atoms with E-state index in [9.17, 15) is 9.90 Å². The Balaban J connectivity index is 1.81. The van der Waals surface area contributed by atoms with Crippen LogP contribution in [-0.2, 0) is 16.0 Å². The summed E-state index contributed by atoms with van der Waals surface area (Å²) in [6, 6.07) is 3.90. The van der Waals surface area contributed by atoms with Crippen molar-refractivity contribution in [2.45, 2.75) is 13.3 Å². The van der Waals surface area contributed by atoms with Gasteiger partial charge in [0.1, 0.15) is 16.9 Å². The van der Waals surface area contributed by atoms with Crippen molar-refractivity contribution in [1.82, 2.24) is 4.90 Å². The third-order valence-corrected chi connectivity index (χ3v) is 3.32. The van der Waals surface area contributed by atoms with Gasteiger partial charge in [-0.1, -0.05) is 0 Å². The van der Waals surface area contributed by atoms with Gasteiger partial charge in [0.2, 0.25) is 0 Å². The monoisotopic (exact) mass is 253 g/mol. The maximum Gasteiger partial charge on any atom is 0.315 e. The molecule has 0 radical (unpaired) electrons. The summed E-state index contributed by atoms with van der Waals surface area (Å²) in [5.74, 6) is 1.07. The van der Waals surface area contributed by atoms with Crippen molar-refractivity contribution < 1.29 is 19.1 Å². The molecular weight excluding hydrogens is 234 g/mol. The van der Waals surface area contributed by atoms with Gasteiger partial charge in [0.05, 0.1) is 13.2 Å². The molecule has 1 aliphatic heterocycles. The van der Waals surface area contributed by atoms with Crippen molar-refractivity contribution in [2.75, 3.05) is 33.4 Å². The SMILES string of the molecule is Cc1ccc(CCN(C)CC2(C(=O)O)COC2)o1. The molecule has 0 unspecified atom stereocenters. The molecular formula is C13H19NO4. The Morgan fingerprint density at radius 1 is 1.50 bits per heavy atom. The van der Waals surface area contributed by atoms with Crippen molar-refractivity contribution in [3.05, 3.63) is 23.7 Å². The lowest BCUT2D eigenvalue weighted by Gasteiger charge is -2.39. The number of aryl methyl sites for hydroxylation is 1. The molecule has 5 heteroatoms. The van der Waals surface area contributed by atoms with Crippen LogP contribution in [0.25, 0.3) is 0 Å². The fraction of sp³-hybridized carbons (Fsp3) is 0.615. The Morgan fingerprint density at radius 2 is 2.22 bits per heavy atom. The van der Waals surface area contributed by atoms with Crippen LogP contribution in [0.3, 0.4) is 0 Å². The minimum atomic E-state index is -0.769. The Morgan fingerprint density at radius 3 is 2.67 bits per heavy atom. The number of likely N-dealkylation sites (N-methyl/N-ethyl adjacent to an activating group) is 1. The maximum atomic E-state index is 11.2. The molecule has 0 amide bonds. The van der Waals surface area contributed by atoms with Crippen LogP contribution in [0, 0.1) is 12.3 Å². The number of hydrogen-bond donors (Lipinski definition) is 1. The van der Waals surface area contributed by atoms with Crippen LogP contribution >= 0.6 is 0 Å². The van der Waals surface area contributed by atoms with Gasteiger partial charge in [0, 0.05) is 19.5 Å². The number of hydrogen-bond acceptors (Lipinski definition) is 4. The van der Waals surface area contributed by atoms with E-state index in [-0.39, 0.29) is 0 Å². The summed E-state index contributed by atoms with van der Waals surface area (Å²) < 4.78 is 10.5. The highest BCUT2D eigenvalue weighted by atomic mass is 16.5. The number of carboxylic acids is 1. The molecule has 1 N–H and O–H groups in total. The van der Waals surface area contributed by atoms with Crippen molar-refractivity contribution in [3.63, 3.8) is 0 Å². The average Bonchev–Trinajstić information content (AvgIpc) is 2.66. The number of aliphatic carboxylic acids is 1. The molecule has 1 fully saturated rings. The molecule has 0 atom stereocenters. The van der Waals surface area contributed by atoms with Gasteiger partial charge in [-0.05, 0) is 26.1 Å². The number of nitrogens with zero attached hydrogens (tertiary/aromatic N) is 1. The van der Waals surface area contributed by atoms with Crippen LogP contribution in [0.4, 0.5) is 0 Å². The molecule has 18 heavy (non-hydrogen) atoms. The summed E-state index contributed by atoms with van der Waals surface area (Å²) in [6.07, 6.45) is 0.793. The first-order chi connectivity index (χ1) is 8.52.